The molecule has 0 radical (unpaired) electrons. The van der Waals surface area contributed by atoms with E-state index in [1.807, 2.05) is 13.8 Å². The minimum Gasteiger partial charge on any atom is -0.345 e. The highest BCUT2D eigenvalue weighted by atomic mass is 35.5. The average Bonchev–Trinajstić information content (AvgIpc) is 2.58. The Hall–Kier alpha value is -1.68. The van der Waals surface area contributed by atoms with E-state index in [2.05, 4.69) is 9.97 Å². The van der Waals surface area contributed by atoms with Crippen LogP contribution in [0.4, 0.5) is 4.39 Å². The predicted molar refractivity (Wildman–Crippen MR) is 69.7 cm³/mol. The molecule has 0 amide bonds. The molecule has 1 N–H and O–H groups in total. The smallest absolute Gasteiger partial charge is 0.170 e. The quantitative estimate of drug-likeness (QED) is 0.870. The molecular formula is C13H14ClFN2O. The van der Waals surface area contributed by atoms with E-state index >= 15 is 0 Å². The van der Waals surface area contributed by atoms with Gasteiger partial charge in [-0.05, 0) is 26.0 Å². The summed E-state index contributed by atoms with van der Waals surface area (Å²) in [6, 6.07) is 5.69. The van der Waals surface area contributed by atoms with Crippen LogP contribution < -0.4 is 0 Å². The second-order valence-corrected chi connectivity index (χ2v) is 4.00. The summed E-state index contributed by atoms with van der Waals surface area (Å²) in [5.74, 6) is 0.0789. The van der Waals surface area contributed by atoms with Gasteiger partial charge in [-0.1, -0.05) is 12.1 Å². The number of hydrogen-bond donors (Lipinski definition) is 1. The third-order valence-electron chi connectivity index (χ3n) is 2.65. The summed E-state index contributed by atoms with van der Waals surface area (Å²) in [6.07, 6.45) is 0.165. The summed E-state index contributed by atoms with van der Waals surface area (Å²) in [4.78, 5) is 19.1. The number of halogens is 2. The van der Waals surface area contributed by atoms with Crippen molar-refractivity contribution in [3.05, 3.63) is 52.9 Å². The van der Waals surface area contributed by atoms with Crippen LogP contribution in [0.15, 0.2) is 24.3 Å². The van der Waals surface area contributed by atoms with Gasteiger partial charge in [-0.15, -0.1) is 12.4 Å². The number of nitrogens with one attached hydrogen (secondary N) is 1. The lowest BCUT2D eigenvalue weighted by atomic mass is 10.1. The van der Waals surface area contributed by atoms with Gasteiger partial charge in [0, 0.05) is 11.3 Å². The molecule has 2 aromatic rings. The van der Waals surface area contributed by atoms with E-state index < -0.39 is 5.82 Å². The number of Topliss-reactive ketones (excluding diaryl/α,β-unsaturated/α-hetero) is 1. The highest BCUT2D eigenvalue weighted by Crippen LogP contribution is 2.09. The Morgan fingerprint density at radius 1 is 1.39 bits per heavy atom. The summed E-state index contributed by atoms with van der Waals surface area (Å²) in [5, 5.41) is 0. The van der Waals surface area contributed by atoms with E-state index in [0.717, 1.165) is 11.4 Å². The summed E-state index contributed by atoms with van der Waals surface area (Å²) < 4.78 is 13.0. The van der Waals surface area contributed by atoms with Crippen molar-refractivity contribution in [1.82, 2.24) is 9.97 Å². The number of benzene rings is 1. The first kappa shape index (κ1) is 14.4. The molecule has 0 saturated heterocycles. The first-order valence-electron chi connectivity index (χ1n) is 5.37. The maximum absolute atomic E-state index is 13.0. The molecule has 1 aromatic carbocycles. The van der Waals surface area contributed by atoms with Crippen LogP contribution in [0.3, 0.4) is 0 Å². The lowest BCUT2D eigenvalue weighted by Gasteiger charge is -1.98. The van der Waals surface area contributed by atoms with Crippen LogP contribution in [-0.2, 0) is 6.42 Å². The molecule has 0 aliphatic carbocycles. The third-order valence-corrected chi connectivity index (χ3v) is 2.65. The molecule has 0 aliphatic rings. The fourth-order valence-corrected chi connectivity index (χ4v) is 1.62. The SMILES string of the molecule is Cc1nc(CC(=O)c2cccc(F)c2)[nH]c1C.Cl. The number of carbonyl (C=O) groups is 1. The van der Waals surface area contributed by atoms with Gasteiger partial charge in [0.05, 0.1) is 12.1 Å². The van der Waals surface area contributed by atoms with Gasteiger partial charge in [0.1, 0.15) is 11.6 Å². The van der Waals surface area contributed by atoms with Gasteiger partial charge in [0.15, 0.2) is 5.78 Å². The van der Waals surface area contributed by atoms with Crippen molar-refractivity contribution in [3.63, 3.8) is 0 Å². The third kappa shape index (κ3) is 3.17. The fraction of sp³-hybridized carbons (Fsp3) is 0.231. The van der Waals surface area contributed by atoms with Crippen molar-refractivity contribution in [1.29, 1.82) is 0 Å². The van der Waals surface area contributed by atoms with Crippen LogP contribution in [-0.4, -0.2) is 15.8 Å². The van der Waals surface area contributed by atoms with Crippen molar-refractivity contribution in [2.24, 2.45) is 0 Å². The topological polar surface area (TPSA) is 45.8 Å². The Labute approximate surface area is 111 Å². The Bertz CT molecular complexity index is 546. The number of nitrogens with zero attached hydrogens (tertiary/aromatic N) is 1. The summed E-state index contributed by atoms with van der Waals surface area (Å²) in [7, 11) is 0. The molecule has 0 bridgehead atoms. The molecular weight excluding hydrogens is 255 g/mol. The lowest BCUT2D eigenvalue weighted by molar-refractivity contribution is 0.0990. The van der Waals surface area contributed by atoms with Gasteiger partial charge >= 0.3 is 0 Å². The van der Waals surface area contributed by atoms with E-state index in [-0.39, 0.29) is 24.6 Å². The van der Waals surface area contributed by atoms with Crippen molar-refractivity contribution in [3.8, 4) is 0 Å². The predicted octanol–water partition coefficient (Wildman–Crippen LogP) is 3.01. The number of imidazole rings is 1. The van der Waals surface area contributed by atoms with E-state index in [0.29, 0.717) is 11.4 Å². The van der Waals surface area contributed by atoms with E-state index in [1.54, 1.807) is 6.07 Å². The molecule has 0 aliphatic heterocycles. The molecule has 3 nitrogen and oxygen atoms in total. The number of aromatic nitrogens is 2. The minimum atomic E-state index is -0.400. The van der Waals surface area contributed by atoms with Crippen molar-refractivity contribution in [2.75, 3.05) is 0 Å². The standard InChI is InChI=1S/C13H13FN2O.ClH/c1-8-9(2)16-13(15-8)7-12(17)10-4-3-5-11(14)6-10;/h3-6H,7H2,1-2H3,(H,15,16);1H. The number of ketones is 1. The van der Waals surface area contributed by atoms with Gasteiger partial charge in [-0.25, -0.2) is 9.37 Å². The zero-order chi connectivity index (χ0) is 12.4. The fourth-order valence-electron chi connectivity index (χ4n) is 1.62. The Balaban J connectivity index is 0.00000162. The molecule has 1 heterocycles. The number of aryl methyl sites for hydroxylation is 2. The maximum atomic E-state index is 13.0. The Kier molecular flexibility index (Phi) is 4.62. The van der Waals surface area contributed by atoms with Gasteiger partial charge in [-0.2, -0.15) is 0 Å². The highest BCUT2D eigenvalue weighted by Gasteiger charge is 2.11. The largest absolute Gasteiger partial charge is 0.345 e. The van der Waals surface area contributed by atoms with Crippen LogP contribution in [0.25, 0.3) is 0 Å². The minimum absolute atomic E-state index is 0. The molecule has 18 heavy (non-hydrogen) atoms. The number of carbonyl (C=O) groups excluding carboxylic acids is 1. The monoisotopic (exact) mass is 268 g/mol. The van der Waals surface area contributed by atoms with Crippen LogP contribution in [0.1, 0.15) is 27.6 Å². The molecule has 0 atom stereocenters. The first-order valence-corrected chi connectivity index (χ1v) is 5.37. The summed E-state index contributed by atoms with van der Waals surface area (Å²) >= 11 is 0. The molecule has 96 valence electrons. The first-order chi connectivity index (χ1) is 8.06. The molecule has 2 rings (SSSR count). The van der Waals surface area contributed by atoms with Gasteiger partial charge in [-0.3, -0.25) is 4.79 Å². The molecule has 0 unspecified atom stereocenters. The molecule has 0 fully saturated rings. The normalized spacial score (nSPS) is 9.94. The van der Waals surface area contributed by atoms with Crippen LogP contribution >= 0.6 is 12.4 Å². The van der Waals surface area contributed by atoms with Crippen molar-refractivity contribution < 1.29 is 9.18 Å². The highest BCUT2D eigenvalue weighted by molar-refractivity contribution is 5.97. The number of aromatic amines is 1. The summed E-state index contributed by atoms with van der Waals surface area (Å²) in [6.45, 7) is 3.78. The molecule has 0 spiro atoms. The van der Waals surface area contributed by atoms with Crippen LogP contribution in [0, 0.1) is 19.7 Å². The lowest BCUT2D eigenvalue weighted by Crippen LogP contribution is -2.05. The second-order valence-electron chi connectivity index (χ2n) is 4.00. The average molecular weight is 269 g/mol. The van der Waals surface area contributed by atoms with Gasteiger partial charge in [0.2, 0.25) is 0 Å². The van der Waals surface area contributed by atoms with E-state index in [1.165, 1.54) is 18.2 Å². The van der Waals surface area contributed by atoms with Gasteiger partial charge in [0.25, 0.3) is 0 Å². The van der Waals surface area contributed by atoms with Gasteiger partial charge < -0.3 is 4.98 Å². The molecule has 0 saturated carbocycles. The van der Waals surface area contributed by atoms with Crippen LogP contribution in [0.5, 0.6) is 0 Å². The second kappa shape index (κ2) is 5.78. The maximum Gasteiger partial charge on any atom is 0.170 e. The van der Waals surface area contributed by atoms with E-state index in [4.69, 9.17) is 0 Å². The Morgan fingerprint density at radius 3 is 2.67 bits per heavy atom. The molecule has 5 heteroatoms. The number of H-pyrrole nitrogens is 1. The zero-order valence-corrected chi connectivity index (χ0v) is 11.0. The van der Waals surface area contributed by atoms with Crippen molar-refractivity contribution >= 4 is 18.2 Å². The van der Waals surface area contributed by atoms with Crippen molar-refractivity contribution in [2.45, 2.75) is 20.3 Å². The Morgan fingerprint density at radius 2 is 2.11 bits per heavy atom. The zero-order valence-electron chi connectivity index (χ0n) is 10.2. The number of rotatable bonds is 3. The summed E-state index contributed by atoms with van der Waals surface area (Å²) in [5.41, 5.74) is 2.20. The molecule has 1 aromatic heterocycles. The van der Waals surface area contributed by atoms with Crippen LogP contribution in [0.2, 0.25) is 0 Å². The van der Waals surface area contributed by atoms with E-state index in [9.17, 15) is 9.18 Å². The number of hydrogen-bond acceptors (Lipinski definition) is 2.